The SMILES string of the molecule is Cc1cc(C)c2c(c1)[C@]1(C(=O)N2)C(C(=O)c2cccnc2)C(c2ccc([N+](=O)[O-])cc2)C2CCCN21. The number of Topliss-reactive ketones (excluding diaryl/α,β-unsaturated/α-hetero) is 1. The first-order chi connectivity index (χ1) is 17.3. The van der Waals surface area contributed by atoms with E-state index in [1.165, 1.54) is 12.1 Å². The van der Waals surface area contributed by atoms with Crippen LogP contribution in [0.4, 0.5) is 11.4 Å². The van der Waals surface area contributed by atoms with Crippen molar-refractivity contribution in [2.24, 2.45) is 5.92 Å². The van der Waals surface area contributed by atoms with Gasteiger partial charge in [0.25, 0.3) is 5.69 Å². The van der Waals surface area contributed by atoms with Gasteiger partial charge in [-0.05, 0) is 56.5 Å². The highest BCUT2D eigenvalue weighted by Gasteiger charge is 2.69. The van der Waals surface area contributed by atoms with Crippen molar-refractivity contribution in [3.8, 4) is 0 Å². The van der Waals surface area contributed by atoms with Crippen LogP contribution < -0.4 is 5.32 Å². The van der Waals surface area contributed by atoms with E-state index in [9.17, 15) is 19.7 Å². The Balaban J connectivity index is 1.62. The molecule has 1 aromatic heterocycles. The molecule has 0 aliphatic carbocycles. The molecule has 0 saturated carbocycles. The molecule has 1 spiro atoms. The Morgan fingerprint density at radius 2 is 1.97 bits per heavy atom. The van der Waals surface area contributed by atoms with Crippen LogP contribution >= 0.6 is 0 Å². The number of benzene rings is 2. The highest BCUT2D eigenvalue weighted by molar-refractivity contribution is 6.13. The lowest BCUT2D eigenvalue weighted by Crippen LogP contribution is -2.52. The molecule has 3 unspecified atom stereocenters. The van der Waals surface area contributed by atoms with E-state index in [-0.39, 0.29) is 29.3 Å². The van der Waals surface area contributed by atoms with Crippen LogP contribution in [0.2, 0.25) is 0 Å². The standard InChI is InChI=1S/C28H26N4O4/c1-16-13-17(2)25-21(14-16)28(27(34)30-25)24(26(33)19-5-3-11-29-15-19)23(22-6-4-12-31(22)28)18-7-9-20(10-8-18)32(35)36/h3,5,7-11,13-15,22-24H,4,6,12H2,1-2H3,(H,30,34)/t22?,23?,24?,28-/m1/s1. The number of rotatable bonds is 4. The molecule has 8 heteroatoms. The van der Waals surface area contributed by atoms with Crippen LogP contribution in [-0.4, -0.2) is 39.1 Å². The Hall–Kier alpha value is -3.91. The third-order valence-electron chi connectivity index (χ3n) is 8.17. The Bertz CT molecular complexity index is 1410. The molecule has 6 rings (SSSR count). The van der Waals surface area contributed by atoms with E-state index in [1.54, 1.807) is 36.7 Å². The molecule has 0 bridgehead atoms. The molecule has 0 radical (unpaired) electrons. The van der Waals surface area contributed by atoms with Gasteiger partial charge in [0.2, 0.25) is 5.91 Å². The first-order valence-electron chi connectivity index (χ1n) is 12.2. The Morgan fingerprint density at radius 1 is 1.19 bits per heavy atom. The summed E-state index contributed by atoms with van der Waals surface area (Å²) in [5.41, 5.74) is 3.77. The molecule has 8 nitrogen and oxygen atoms in total. The normalized spacial score (nSPS) is 26.6. The van der Waals surface area contributed by atoms with Crippen molar-refractivity contribution >= 4 is 23.1 Å². The summed E-state index contributed by atoms with van der Waals surface area (Å²) in [6.07, 6.45) is 4.93. The van der Waals surface area contributed by atoms with Crippen molar-refractivity contribution in [2.45, 2.75) is 44.2 Å². The summed E-state index contributed by atoms with van der Waals surface area (Å²) in [4.78, 5) is 45.8. The lowest BCUT2D eigenvalue weighted by molar-refractivity contribution is -0.384. The number of aryl methyl sites for hydroxylation is 2. The van der Waals surface area contributed by atoms with Gasteiger partial charge < -0.3 is 5.32 Å². The van der Waals surface area contributed by atoms with E-state index < -0.39 is 16.4 Å². The van der Waals surface area contributed by atoms with Crippen molar-refractivity contribution < 1.29 is 14.5 Å². The molecule has 3 aromatic rings. The summed E-state index contributed by atoms with van der Waals surface area (Å²) in [5, 5.41) is 14.4. The maximum atomic E-state index is 14.4. The monoisotopic (exact) mass is 482 g/mol. The maximum absolute atomic E-state index is 14.4. The van der Waals surface area contributed by atoms with Gasteiger partial charge in [0.15, 0.2) is 5.78 Å². The van der Waals surface area contributed by atoms with Gasteiger partial charge >= 0.3 is 0 Å². The van der Waals surface area contributed by atoms with Crippen LogP contribution in [0.1, 0.15) is 51.4 Å². The molecule has 1 N–H and O–H groups in total. The fraction of sp³-hybridized carbons (Fsp3) is 0.321. The lowest BCUT2D eigenvalue weighted by atomic mass is 9.68. The van der Waals surface area contributed by atoms with Crippen molar-refractivity contribution in [1.82, 2.24) is 9.88 Å². The highest BCUT2D eigenvalue weighted by atomic mass is 16.6. The minimum atomic E-state index is -1.16. The van der Waals surface area contributed by atoms with Crippen molar-refractivity contribution in [1.29, 1.82) is 0 Å². The molecular formula is C28H26N4O4. The number of carbonyl (C=O) groups excluding carboxylic acids is 2. The number of fused-ring (bicyclic) bond motifs is 4. The van der Waals surface area contributed by atoms with Gasteiger partial charge in [0.05, 0.1) is 10.8 Å². The van der Waals surface area contributed by atoms with Crippen molar-refractivity contribution in [2.75, 3.05) is 11.9 Å². The second-order valence-electron chi connectivity index (χ2n) is 10.1. The third-order valence-corrected chi connectivity index (χ3v) is 8.17. The van der Waals surface area contributed by atoms with Gasteiger partial charge in [0, 0.05) is 53.3 Å². The van der Waals surface area contributed by atoms with E-state index in [0.717, 1.165) is 40.8 Å². The largest absolute Gasteiger partial charge is 0.324 e. The number of aromatic nitrogens is 1. The van der Waals surface area contributed by atoms with E-state index in [2.05, 4.69) is 15.2 Å². The fourth-order valence-electron chi connectivity index (χ4n) is 6.90. The molecule has 2 saturated heterocycles. The number of nitrogens with zero attached hydrogens (tertiary/aromatic N) is 3. The molecule has 182 valence electrons. The van der Waals surface area contributed by atoms with Crippen LogP contribution in [0.15, 0.2) is 60.9 Å². The summed E-state index contributed by atoms with van der Waals surface area (Å²) < 4.78 is 0. The smallest absolute Gasteiger partial charge is 0.269 e. The number of anilines is 1. The molecule has 2 fully saturated rings. The highest BCUT2D eigenvalue weighted by Crippen LogP contribution is 2.61. The fourth-order valence-corrected chi connectivity index (χ4v) is 6.90. The number of carbonyl (C=O) groups is 2. The minimum absolute atomic E-state index is 0.0000730. The van der Waals surface area contributed by atoms with Crippen molar-refractivity contribution in [3.63, 3.8) is 0 Å². The van der Waals surface area contributed by atoms with Gasteiger partial charge in [-0.2, -0.15) is 0 Å². The summed E-state index contributed by atoms with van der Waals surface area (Å²) >= 11 is 0. The van der Waals surface area contributed by atoms with Gasteiger partial charge in [-0.15, -0.1) is 0 Å². The Labute approximate surface area is 208 Å². The first-order valence-corrected chi connectivity index (χ1v) is 12.2. The Morgan fingerprint density at radius 3 is 2.67 bits per heavy atom. The Kier molecular flexibility index (Phi) is 5.05. The average Bonchev–Trinajstić information content (AvgIpc) is 3.53. The van der Waals surface area contributed by atoms with Crippen LogP contribution in [0.5, 0.6) is 0 Å². The number of hydrogen-bond donors (Lipinski definition) is 1. The zero-order valence-corrected chi connectivity index (χ0v) is 20.1. The molecule has 36 heavy (non-hydrogen) atoms. The number of nitrogens with one attached hydrogen (secondary N) is 1. The van der Waals surface area contributed by atoms with Gasteiger partial charge in [-0.3, -0.25) is 29.6 Å². The van der Waals surface area contributed by atoms with Crippen LogP contribution in [0.3, 0.4) is 0 Å². The topological polar surface area (TPSA) is 105 Å². The van der Waals surface area contributed by atoms with E-state index in [1.807, 2.05) is 26.0 Å². The predicted molar refractivity (Wildman–Crippen MR) is 134 cm³/mol. The van der Waals surface area contributed by atoms with Crippen LogP contribution in [-0.2, 0) is 10.3 Å². The van der Waals surface area contributed by atoms with Crippen LogP contribution in [0, 0.1) is 29.9 Å². The summed E-state index contributed by atoms with van der Waals surface area (Å²) in [7, 11) is 0. The quantitative estimate of drug-likeness (QED) is 0.333. The van der Waals surface area contributed by atoms with Gasteiger partial charge in [0.1, 0.15) is 5.54 Å². The molecule has 4 atom stereocenters. The second-order valence-corrected chi connectivity index (χ2v) is 10.1. The molecule has 2 aromatic carbocycles. The predicted octanol–water partition coefficient (Wildman–Crippen LogP) is 4.51. The minimum Gasteiger partial charge on any atom is -0.324 e. The van der Waals surface area contributed by atoms with Gasteiger partial charge in [-0.1, -0.05) is 29.8 Å². The number of nitro groups is 1. The third kappa shape index (κ3) is 3.00. The first kappa shape index (κ1) is 22.5. The maximum Gasteiger partial charge on any atom is 0.269 e. The van der Waals surface area contributed by atoms with E-state index >= 15 is 0 Å². The number of pyridine rings is 1. The van der Waals surface area contributed by atoms with Gasteiger partial charge in [-0.25, -0.2) is 0 Å². The average molecular weight is 483 g/mol. The zero-order chi connectivity index (χ0) is 25.2. The molecule has 3 aliphatic rings. The number of amides is 1. The summed E-state index contributed by atoms with van der Waals surface area (Å²) in [5.74, 6) is -1.33. The van der Waals surface area contributed by atoms with E-state index in [4.69, 9.17) is 0 Å². The van der Waals surface area contributed by atoms with Crippen LogP contribution in [0.25, 0.3) is 0 Å². The molecule has 1 amide bonds. The lowest BCUT2D eigenvalue weighted by Gasteiger charge is -2.37. The number of hydrogen-bond acceptors (Lipinski definition) is 6. The number of ketones is 1. The van der Waals surface area contributed by atoms with Crippen molar-refractivity contribution in [3.05, 3.63) is 98.9 Å². The number of nitro benzene ring substituents is 1. The second kappa shape index (κ2) is 8.06. The number of non-ortho nitro benzene ring substituents is 1. The summed E-state index contributed by atoms with van der Waals surface area (Å²) in [6.45, 7) is 4.68. The molecule has 4 heterocycles. The zero-order valence-electron chi connectivity index (χ0n) is 20.1. The van der Waals surface area contributed by atoms with E-state index in [0.29, 0.717) is 12.1 Å². The molecule has 3 aliphatic heterocycles. The molecular weight excluding hydrogens is 456 g/mol. The summed E-state index contributed by atoms with van der Waals surface area (Å²) in [6, 6.07) is 14.0.